The minimum atomic E-state index is -3.33. The van der Waals surface area contributed by atoms with Gasteiger partial charge in [0.1, 0.15) is 5.75 Å². The largest absolute Gasteiger partial charge is 0.484 e. The number of rotatable bonds is 7. The summed E-state index contributed by atoms with van der Waals surface area (Å²) in [5.41, 5.74) is 0.787. The smallest absolute Gasteiger partial charge is 0.269 e. The highest BCUT2D eigenvalue weighted by Crippen LogP contribution is 2.20. The lowest BCUT2D eigenvalue weighted by Gasteiger charge is -2.27. The van der Waals surface area contributed by atoms with Crippen LogP contribution in [0.3, 0.4) is 0 Å². The summed E-state index contributed by atoms with van der Waals surface area (Å²) in [5.74, 6) is -0.231. The third-order valence-electron chi connectivity index (χ3n) is 4.24. The van der Waals surface area contributed by atoms with Gasteiger partial charge in [-0.05, 0) is 23.8 Å². The number of amides is 1. The Balaban J connectivity index is 1.71. The summed E-state index contributed by atoms with van der Waals surface area (Å²) < 4.78 is 29.0. The van der Waals surface area contributed by atoms with Crippen molar-refractivity contribution in [3.63, 3.8) is 0 Å². The summed E-state index contributed by atoms with van der Waals surface area (Å²) >= 11 is 0. The molecular formula is C19H18N2O6S. The summed E-state index contributed by atoms with van der Waals surface area (Å²) in [5, 5.41) is 11.8. The van der Waals surface area contributed by atoms with Crippen LogP contribution in [0.5, 0.6) is 5.75 Å². The number of carbonyl (C=O) groups is 1. The fourth-order valence-corrected chi connectivity index (χ4v) is 4.11. The molecule has 2 aromatic rings. The Morgan fingerprint density at radius 1 is 1.14 bits per heavy atom. The SMILES string of the molecule is O=C(COc1ccc([N+](=O)[O-])cc1)N(Cc1ccccc1)[C@@H]1C=CS(=O)(=O)C1. The zero-order chi connectivity index (χ0) is 20.1. The normalized spacial score (nSPS) is 17.2. The van der Waals surface area contributed by atoms with E-state index in [1.807, 2.05) is 30.3 Å². The van der Waals surface area contributed by atoms with Crippen LogP contribution in [0.2, 0.25) is 0 Å². The van der Waals surface area contributed by atoms with Crippen molar-refractivity contribution in [2.45, 2.75) is 12.6 Å². The highest BCUT2D eigenvalue weighted by molar-refractivity contribution is 7.94. The van der Waals surface area contributed by atoms with Crippen LogP contribution in [0.25, 0.3) is 0 Å². The molecule has 0 fully saturated rings. The van der Waals surface area contributed by atoms with Gasteiger partial charge in [0.05, 0.1) is 16.7 Å². The Kier molecular flexibility index (Phi) is 5.74. The van der Waals surface area contributed by atoms with E-state index in [2.05, 4.69) is 0 Å². The second kappa shape index (κ2) is 8.22. The molecule has 0 radical (unpaired) electrons. The second-order valence-electron chi connectivity index (χ2n) is 6.27. The van der Waals surface area contributed by atoms with Gasteiger partial charge in [-0.25, -0.2) is 8.42 Å². The van der Waals surface area contributed by atoms with E-state index in [4.69, 9.17) is 4.74 Å². The molecule has 1 aliphatic heterocycles. The van der Waals surface area contributed by atoms with Crippen LogP contribution in [-0.2, 0) is 21.2 Å². The highest BCUT2D eigenvalue weighted by atomic mass is 32.2. The summed E-state index contributed by atoms with van der Waals surface area (Å²) in [7, 11) is -3.33. The minimum Gasteiger partial charge on any atom is -0.484 e. The van der Waals surface area contributed by atoms with Gasteiger partial charge in [-0.1, -0.05) is 30.3 Å². The molecule has 8 nitrogen and oxygen atoms in total. The second-order valence-corrected chi connectivity index (χ2v) is 8.20. The molecule has 9 heteroatoms. The molecule has 28 heavy (non-hydrogen) atoms. The maximum absolute atomic E-state index is 12.8. The molecular weight excluding hydrogens is 384 g/mol. The number of sulfone groups is 1. The zero-order valence-electron chi connectivity index (χ0n) is 14.8. The Morgan fingerprint density at radius 2 is 1.82 bits per heavy atom. The molecule has 0 aromatic heterocycles. The molecule has 1 heterocycles. The third kappa shape index (κ3) is 4.95. The average molecular weight is 402 g/mol. The topological polar surface area (TPSA) is 107 Å². The highest BCUT2D eigenvalue weighted by Gasteiger charge is 2.30. The molecule has 2 aromatic carbocycles. The monoisotopic (exact) mass is 402 g/mol. The lowest BCUT2D eigenvalue weighted by molar-refractivity contribution is -0.384. The van der Waals surface area contributed by atoms with Gasteiger partial charge in [0.2, 0.25) is 0 Å². The number of hydrogen-bond acceptors (Lipinski definition) is 6. The molecule has 0 N–H and O–H groups in total. The molecule has 0 unspecified atom stereocenters. The fraction of sp³-hybridized carbons (Fsp3) is 0.211. The van der Waals surface area contributed by atoms with Crippen LogP contribution in [0.4, 0.5) is 5.69 Å². The van der Waals surface area contributed by atoms with Crippen molar-refractivity contribution in [3.8, 4) is 5.75 Å². The van der Waals surface area contributed by atoms with Gasteiger partial charge in [0.15, 0.2) is 16.4 Å². The minimum absolute atomic E-state index is 0.0781. The Morgan fingerprint density at radius 3 is 2.39 bits per heavy atom. The predicted octanol–water partition coefficient (Wildman–Crippen LogP) is 2.31. The van der Waals surface area contributed by atoms with Gasteiger partial charge >= 0.3 is 0 Å². The molecule has 0 bridgehead atoms. The van der Waals surface area contributed by atoms with Crippen LogP contribution in [0.1, 0.15) is 5.56 Å². The van der Waals surface area contributed by atoms with Gasteiger partial charge in [0, 0.05) is 24.1 Å². The van der Waals surface area contributed by atoms with E-state index in [9.17, 15) is 23.3 Å². The predicted molar refractivity (Wildman–Crippen MR) is 102 cm³/mol. The number of hydrogen-bond donors (Lipinski definition) is 0. The van der Waals surface area contributed by atoms with Crippen molar-refractivity contribution >= 4 is 21.4 Å². The Hall–Kier alpha value is -3.20. The zero-order valence-corrected chi connectivity index (χ0v) is 15.6. The van der Waals surface area contributed by atoms with Gasteiger partial charge in [-0.2, -0.15) is 0 Å². The molecule has 146 valence electrons. The van der Waals surface area contributed by atoms with Crippen LogP contribution in [-0.4, -0.2) is 42.5 Å². The van der Waals surface area contributed by atoms with Crippen molar-refractivity contribution in [1.29, 1.82) is 0 Å². The van der Waals surface area contributed by atoms with E-state index in [0.29, 0.717) is 5.75 Å². The van der Waals surface area contributed by atoms with E-state index in [-0.39, 0.29) is 30.5 Å². The third-order valence-corrected chi connectivity index (χ3v) is 5.62. The van der Waals surface area contributed by atoms with E-state index in [1.165, 1.54) is 35.2 Å². The van der Waals surface area contributed by atoms with E-state index in [0.717, 1.165) is 11.0 Å². The molecule has 0 saturated carbocycles. The number of nitrogens with zero attached hydrogens (tertiary/aromatic N) is 2. The maximum atomic E-state index is 12.8. The summed E-state index contributed by atoms with van der Waals surface area (Å²) in [6.45, 7) is -0.0666. The van der Waals surface area contributed by atoms with E-state index >= 15 is 0 Å². The maximum Gasteiger partial charge on any atom is 0.269 e. The lowest BCUT2D eigenvalue weighted by atomic mass is 10.2. The Labute approximate surface area is 162 Å². The van der Waals surface area contributed by atoms with Gasteiger partial charge in [0.25, 0.3) is 11.6 Å². The van der Waals surface area contributed by atoms with Gasteiger partial charge in [-0.15, -0.1) is 0 Å². The first-order valence-corrected chi connectivity index (χ1v) is 10.2. The van der Waals surface area contributed by atoms with Crippen LogP contribution >= 0.6 is 0 Å². The summed E-state index contributed by atoms with van der Waals surface area (Å²) in [6.07, 6.45) is 1.50. The number of nitro groups is 1. The van der Waals surface area contributed by atoms with Crippen molar-refractivity contribution in [3.05, 3.63) is 81.8 Å². The standard InChI is InChI=1S/C19H18N2O6S/c22-19(13-27-18-8-6-16(7-9-18)21(23)24)20(12-15-4-2-1-3-5-15)17-10-11-28(25,26)14-17/h1-11,17H,12-14H2/t17-/m1/s1. The van der Waals surface area contributed by atoms with Gasteiger partial charge < -0.3 is 9.64 Å². The van der Waals surface area contributed by atoms with Crippen LogP contribution in [0, 0.1) is 10.1 Å². The van der Waals surface area contributed by atoms with Crippen molar-refractivity contribution in [1.82, 2.24) is 4.90 Å². The summed E-state index contributed by atoms with van der Waals surface area (Å²) in [4.78, 5) is 24.4. The number of carbonyl (C=O) groups excluding carboxylic acids is 1. The van der Waals surface area contributed by atoms with Crippen LogP contribution in [0.15, 0.2) is 66.1 Å². The van der Waals surface area contributed by atoms with Crippen molar-refractivity contribution in [2.24, 2.45) is 0 Å². The lowest BCUT2D eigenvalue weighted by Crippen LogP contribution is -2.42. The first-order valence-electron chi connectivity index (χ1n) is 8.46. The first kappa shape index (κ1) is 19.6. The van der Waals surface area contributed by atoms with Crippen molar-refractivity contribution < 1.29 is 22.9 Å². The molecule has 1 aliphatic rings. The molecule has 0 saturated heterocycles. The molecule has 1 atom stereocenters. The molecule has 3 rings (SSSR count). The number of nitro benzene ring substituents is 1. The quantitative estimate of drug-likeness (QED) is 0.520. The first-order chi connectivity index (χ1) is 13.3. The number of benzene rings is 2. The van der Waals surface area contributed by atoms with Crippen LogP contribution < -0.4 is 4.74 Å². The molecule has 0 spiro atoms. The number of non-ortho nitro benzene ring substituents is 1. The average Bonchev–Trinajstić information content (AvgIpc) is 3.04. The Bertz CT molecular complexity index is 987. The fourth-order valence-electron chi connectivity index (χ4n) is 2.82. The van der Waals surface area contributed by atoms with Crippen molar-refractivity contribution in [2.75, 3.05) is 12.4 Å². The van der Waals surface area contributed by atoms with Gasteiger partial charge in [-0.3, -0.25) is 14.9 Å². The van der Waals surface area contributed by atoms with E-state index in [1.54, 1.807) is 0 Å². The van der Waals surface area contributed by atoms with E-state index < -0.39 is 20.8 Å². The molecule has 0 aliphatic carbocycles. The molecule has 1 amide bonds. The summed E-state index contributed by atoms with van der Waals surface area (Å²) in [6, 6.07) is 14.1. The number of ether oxygens (including phenoxy) is 1.